The lowest BCUT2D eigenvalue weighted by Gasteiger charge is -2.15. The molecule has 4 rings (SSSR count). The number of ether oxygens (including phenoxy) is 3. The molecule has 0 aliphatic carbocycles. The zero-order valence-electron chi connectivity index (χ0n) is 16.7. The van der Waals surface area contributed by atoms with Crippen LogP contribution >= 0.6 is 0 Å². The fourth-order valence-electron chi connectivity index (χ4n) is 3.10. The van der Waals surface area contributed by atoms with E-state index in [1.54, 1.807) is 66.7 Å². The summed E-state index contributed by atoms with van der Waals surface area (Å²) in [4.78, 5) is 38.0. The van der Waals surface area contributed by atoms with E-state index in [0.717, 1.165) is 0 Å². The van der Waals surface area contributed by atoms with E-state index in [-0.39, 0.29) is 23.7 Å². The molecule has 1 amide bonds. The lowest BCUT2D eigenvalue weighted by atomic mass is 9.98. The van der Waals surface area contributed by atoms with Crippen LogP contribution in [0.4, 0.5) is 5.69 Å². The van der Waals surface area contributed by atoms with Gasteiger partial charge in [0.1, 0.15) is 0 Å². The monoisotopic (exact) mass is 417 g/mol. The van der Waals surface area contributed by atoms with Crippen molar-refractivity contribution in [1.29, 1.82) is 0 Å². The lowest BCUT2D eigenvalue weighted by Crippen LogP contribution is -2.30. The summed E-state index contributed by atoms with van der Waals surface area (Å²) in [5, 5.41) is 2.67. The van der Waals surface area contributed by atoms with Gasteiger partial charge < -0.3 is 19.5 Å². The second-order valence-electron chi connectivity index (χ2n) is 6.85. The Morgan fingerprint density at radius 1 is 0.871 bits per heavy atom. The van der Waals surface area contributed by atoms with E-state index < -0.39 is 18.0 Å². The molecule has 0 spiro atoms. The van der Waals surface area contributed by atoms with E-state index in [1.807, 2.05) is 0 Å². The number of hydrogen-bond acceptors (Lipinski definition) is 6. The molecular weight excluding hydrogens is 398 g/mol. The first-order chi connectivity index (χ1) is 15.0. The summed E-state index contributed by atoms with van der Waals surface area (Å²) in [5.41, 5.74) is 1.24. The van der Waals surface area contributed by atoms with Gasteiger partial charge in [0.05, 0.1) is 5.56 Å². The van der Waals surface area contributed by atoms with Crippen LogP contribution in [0.25, 0.3) is 0 Å². The molecule has 0 bridgehead atoms. The molecule has 0 saturated heterocycles. The molecule has 7 nitrogen and oxygen atoms in total. The number of esters is 1. The highest BCUT2D eigenvalue weighted by Crippen LogP contribution is 2.34. The minimum atomic E-state index is -1.09. The van der Waals surface area contributed by atoms with Gasteiger partial charge in [0.15, 0.2) is 23.4 Å². The molecule has 1 heterocycles. The average molecular weight is 417 g/mol. The zero-order valence-corrected chi connectivity index (χ0v) is 16.7. The Labute approximate surface area is 178 Å². The van der Waals surface area contributed by atoms with Crippen LogP contribution in [0, 0.1) is 0 Å². The third-order valence-corrected chi connectivity index (χ3v) is 4.72. The second kappa shape index (κ2) is 8.71. The smallest absolute Gasteiger partial charge is 0.339 e. The third-order valence-electron chi connectivity index (χ3n) is 4.72. The minimum absolute atomic E-state index is 0.0964. The zero-order chi connectivity index (χ0) is 21.8. The number of nitrogens with one attached hydrogen (secondary N) is 1. The first-order valence-electron chi connectivity index (χ1n) is 9.63. The van der Waals surface area contributed by atoms with Crippen molar-refractivity contribution in [3.8, 4) is 11.5 Å². The Morgan fingerprint density at radius 2 is 1.55 bits per heavy atom. The fraction of sp³-hybridized carbons (Fsp3) is 0.125. The first kappa shape index (κ1) is 20.2. The molecule has 0 unspecified atom stereocenters. The molecule has 1 aliphatic rings. The van der Waals surface area contributed by atoms with E-state index in [4.69, 9.17) is 14.2 Å². The molecule has 3 aromatic rings. The van der Waals surface area contributed by atoms with Crippen molar-refractivity contribution in [1.82, 2.24) is 0 Å². The number of anilines is 1. The molecule has 0 aromatic heterocycles. The normalized spacial score (nSPS) is 12.7. The van der Waals surface area contributed by atoms with Gasteiger partial charge in [-0.05, 0) is 25.1 Å². The van der Waals surface area contributed by atoms with Crippen molar-refractivity contribution in [3.05, 3.63) is 89.5 Å². The number of hydrogen-bond donors (Lipinski definition) is 1. The molecule has 3 aromatic carbocycles. The standard InChI is InChI=1S/C24H19NO6/c1-15(23(27)25-17-11-12-20-21(13-17)30-14-29-20)31-24(28)19-10-6-5-9-18(19)22(26)16-7-3-2-4-8-16/h2-13,15H,14H2,1H3,(H,25,27)/t15-/m0/s1. The molecule has 1 aliphatic heterocycles. The van der Waals surface area contributed by atoms with Crippen molar-refractivity contribution in [2.24, 2.45) is 0 Å². The van der Waals surface area contributed by atoms with Gasteiger partial charge in [0, 0.05) is 22.9 Å². The predicted molar refractivity (Wildman–Crippen MR) is 112 cm³/mol. The largest absolute Gasteiger partial charge is 0.454 e. The van der Waals surface area contributed by atoms with Crippen molar-refractivity contribution in [3.63, 3.8) is 0 Å². The maximum atomic E-state index is 12.8. The van der Waals surface area contributed by atoms with Gasteiger partial charge in [0.25, 0.3) is 5.91 Å². The summed E-state index contributed by atoms with van der Waals surface area (Å²) in [6.07, 6.45) is -1.09. The molecule has 0 saturated carbocycles. The van der Waals surface area contributed by atoms with E-state index in [1.165, 1.54) is 13.0 Å². The molecule has 0 radical (unpaired) electrons. The average Bonchev–Trinajstić information content (AvgIpc) is 3.27. The van der Waals surface area contributed by atoms with Crippen LogP contribution in [0.5, 0.6) is 11.5 Å². The van der Waals surface area contributed by atoms with Gasteiger partial charge in [-0.2, -0.15) is 0 Å². The first-order valence-corrected chi connectivity index (χ1v) is 9.63. The Morgan fingerprint density at radius 3 is 2.32 bits per heavy atom. The van der Waals surface area contributed by atoms with Crippen molar-refractivity contribution >= 4 is 23.3 Å². The molecule has 156 valence electrons. The van der Waals surface area contributed by atoms with Crippen LogP contribution in [-0.4, -0.2) is 30.6 Å². The van der Waals surface area contributed by atoms with Crippen LogP contribution in [0.3, 0.4) is 0 Å². The topological polar surface area (TPSA) is 90.9 Å². The van der Waals surface area contributed by atoms with E-state index >= 15 is 0 Å². The van der Waals surface area contributed by atoms with Crippen LogP contribution in [0.1, 0.15) is 33.2 Å². The van der Waals surface area contributed by atoms with E-state index in [2.05, 4.69) is 5.32 Å². The van der Waals surface area contributed by atoms with Gasteiger partial charge in [0.2, 0.25) is 6.79 Å². The Hall–Kier alpha value is -4.13. The van der Waals surface area contributed by atoms with Gasteiger partial charge in [-0.25, -0.2) is 4.79 Å². The summed E-state index contributed by atoms with van der Waals surface area (Å²) in [7, 11) is 0. The summed E-state index contributed by atoms with van der Waals surface area (Å²) >= 11 is 0. The third kappa shape index (κ3) is 4.40. The summed E-state index contributed by atoms with van der Waals surface area (Å²) in [5.74, 6) is -0.453. The highest BCUT2D eigenvalue weighted by atomic mass is 16.7. The molecule has 1 atom stereocenters. The fourth-order valence-corrected chi connectivity index (χ4v) is 3.10. The number of amides is 1. The van der Waals surface area contributed by atoms with Crippen molar-refractivity contribution in [2.45, 2.75) is 13.0 Å². The number of carbonyl (C=O) groups excluding carboxylic acids is 3. The van der Waals surface area contributed by atoms with Crippen LogP contribution < -0.4 is 14.8 Å². The maximum Gasteiger partial charge on any atom is 0.339 e. The number of benzene rings is 3. The summed E-state index contributed by atoms with van der Waals surface area (Å²) in [6.45, 7) is 1.59. The Balaban J connectivity index is 1.45. The van der Waals surface area contributed by atoms with Crippen molar-refractivity contribution < 1.29 is 28.6 Å². The van der Waals surface area contributed by atoms with Gasteiger partial charge in [-0.15, -0.1) is 0 Å². The predicted octanol–water partition coefficient (Wildman–Crippen LogP) is 3.83. The summed E-state index contributed by atoms with van der Waals surface area (Å²) < 4.78 is 15.9. The maximum absolute atomic E-state index is 12.8. The van der Waals surface area contributed by atoms with Crippen LogP contribution in [0.2, 0.25) is 0 Å². The molecule has 31 heavy (non-hydrogen) atoms. The highest BCUT2D eigenvalue weighted by molar-refractivity contribution is 6.14. The van der Waals surface area contributed by atoms with E-state index in [9.17, 15) is 14.4 Å². The highest BCUT2D eigenvalue weighted by Gasteiger charge is 2.24. The van der Waals surface area contributed by atoms with Gasteiger partial charge >= 0.3 is 5.97 Å². The second-order valence-corrected chi connectivity index (χ2v) is 6.85. The van der Waals surface area contributed by atoms with Gasteiger partial charge in [-0.3, -0.25) is 9.59 Å². The molecular formula is C24H19NO6. The summed E-state index contributed by atoms with van der Waals surface area (Å²) in [6, 6.07) is 20.0. The molecule has 1 N–H and O–H groups in total. The number of carbonyl (C=O) groups is 3. The Kier molecular flexibility index (Phi) is 5.66. The van der Waals surface area contributed by atoms with E-state index in [0.29, 0.717) is 22.7 Å². The quantitative estimate of drug-likeness (QED) is 0.484. The molecule has 0 fully saturated rings. The molecule has 7 heteroatoms. The number of rotatable bonds is 6. The number of fused-ring (bicyclic) bond motifs is 1. The Bertz CT molecular complexity index is 1140. The van der Waals surface area contributed by atoms with Crippen molar-refractivity contribution in [2.75, 3.05) is 12.1 Å². The van der Waals surface area contributed by atoms with Gasteiger partial charge in [-0.1, -0.05) is 48.5 Å². The van der Waals surface area contributed by atoms with Crippen LogP contribution in [-0.2, 0) is 9.53 Å². The minimum Gasteiger partial charge on any atom is -0.454 e. The van der Waals surface area contributed by atoms with Crippen LogP contribution in [0.15, 0.2) is 72.8 Å². The lowest BCUT2D eigenvalue weighted by molar-refractivity contribution is -0.123. The SMILES string of the molecule is C[C@H](OC(=O)c1ccccc1C(=O)c1ccccc1)C(=O)Nc1ccc2c(c1)OCO2. The number of ketones is 1.